The van der Waals surface area contributed by atoms with Crippen molar-refractivity contribution in [2.24, 2.45) is 0 Å². The fourth-order valence-electron chi connectivity index (χ4n) is 2.09. The van der Waals surface area contributed by atoms with Crippen molar-refractivity contribution in [1.29, 1.82) is 0 Å². The minimum absolute atomic E-state index is 0.0967. The lowest BCUT2D eigenvalue weighted by Crippen LogP contribution is -2.39. The van der Waals surface area contributed by atoms with Gasteiger partial charge in [0, 0.05) is 19.3 Å². The van der Waals surface area contributed by atoms with Crippen LogP contribution in [0.25, 0.3) is 0 Å². The normalized spacial score (nSPS) is 16.9. The second kappa shape index (κ2) is 5.82. The van der Waals surface area contributed by atoms with Crippen LogP contribution in [-0.2, 0) is 14.3 Å². The first kappa shape index (κ1) is 14.2. The molecule has 0 aromatic rings. The zero-order valence-corrected chi connectivity index (χ0v) is 11.5. The molecule has 0 atom stereocenters. The number of hydrogen-bond donors (Lipinski definition) is 1. The zero-order chi connectivity index (χ0) is 14.6. The minimum atomic E-state index is -1.36. The van der Waals surface area contributed by atoms with Crippen LogP contribution in [-0.4, -0.2) is 16.9 Å². The molecule has 2 aliphatic rings. The second-order valence-corrected chi connectivity index (χ2v) is 4.62. The Morgan fingerprint density at radius 2 is 1.75 bits per heavy atom. The summed E-state index contributed by atoms with van der Waals surface area (Å²) in [4.78, 5) is 11.3. The molecular weight excluding hydrogens is 256 g/mol. The lowest BCUT2D eigenvalue weighted by molar-refractivity contribution is -0.175. The van der Waals surface area contributed by atoms with Gasteiger partial charge in [-0.15, -0.1) is 0 Å². The van der Waals surface area contributed by atoms with Crippen molar-refractivity contribution in [3.05, 3.63) is 60.1 Å². The predicted molar refractivity (Wildman–Crippen MR) is 75.6 cm³/mol. The molecule has 20 heavy (non-hydrogen) atoms. The Labute approximate surface area is 118 Å². The average Bonchev–Trinajstić information content (AvgIpc) is 3.10. The third-order valence-electron chi connectivity index (χ3n) is 3.25. The fraction of sp³-hybridized carbons (Fsp3) is 0.312. The highest BCUT2D eigenvalue weighted by atomic mass is 16.7. The van der Waals surface area contributed by atoms with Crippen molar-refractivity contribution >= 4 is 5.97 Å². The molecular formula is C16H18O4. The van der Waals surface area contributed by atoms with Gasteiger partial charge in [0.15, 0.2) is 0 Å². The molecule has 0 aliphatic heterocycles. The van der Waals surface area contributed by atoms with Crippen molar-refractivity contribution in [3.63, 3.8) is 0 Å². The quantitative estimate of drug-likeness (QED) is 0.570. The summed E-state index contributed by atoms with van der Waals surface area (Å²) >= 11 is 0. The van der Waals surface area contributed by atoms with Crippen LogP contribution in [0.2, 0.25) is 0 Å². The molecule has 0 saturated heterocycles. The number of carboxylic acids is 1. The van der Waals surface area contributed by atoms with Gasteiger partial charge in [-0.1, -0.05) is 37.8 Å². The number of allylic oxidation sites excluding steroid dienone is 6. The van der Waals surface area contributed by atoms with E-state index < -0.39 is 11.8 Å². The van der Waals surface area contributed by atoms with Gasteiger partial charge in [0.25, 0.3) is 5.79 Å². The molecule has 4 nitrogen and oxygen atoms in total. The summed E-state index contributed by atoms with van der Waals surface area (Å²) < 4.78 is 11.7. The van der Waals surface area contributed by atoms with E-state index in [9.17, 15) is 9.90 Å². The Hall–Kier alpha value is -2.23. The zero-order valence-electron chi connectivity index (χ0n) is 11.5. The smallest absolute Gasteiger partial charge is 0.338 e. The maximum atomic E-state index is 11.3. The number of rotatable bonds is 7. The number of aliphatic carboxylic acids is 1. The fourth-order valence-corrected chi connectivity index (χ4v) is 2.09. The van der Waals surface area contributed by atoms with Crippen molar-refractivity contribution in [2.75, 3.05) is 0 Å². The Morgan fingerprint density at radius 3 is 2.05 bits per heavy atom. The highest BCUT2D eigenvalue weighted by Crippen LogP contribution is 2.35. The van der Waals surface area contributed by atoms with Crippen LogP contribution in [0.4, 0.5) is 0 Å². The Morgan fingerprint density at radius 1 is 1.25 bits per heavy atom. The topological polar surface area (TPSA) is 55.8 Å². The van der Waals surface area contributed by atoms with E-state index in [0.29, 0.717) is 30.8 Å². The highest BCUT2D eigenvalue weighted by molar-refractivity contribution is 5.87. The Bertz CT molecular complexity index is 503. The van der Waals surface area contributed by atoms with Crippen molar-refractivity contribution in [3.8, 4) is 0 Å². The van der Waals surface area contributed by atoms with Crippen molar-refractivity contribution < 1.29 is 19.4 Å². The standard InChI is InChI=1S/C16H18O4/c1-3-16(12(2)15(17)18,19-13-8-4-5-9-13)20-14-10-6-7-11-14/h4-8,10H,2-3,9,11H2,1H3,(H,17,18). The molecule has 4 heteroatoms. The lowest BCUT2D eigenvalue weighted by Gasteiger charge is -2.34. The SMILES string of the molecule is C=C(C(=O)O)C(CC)(OC1=CC=CC1)OC1=CC=CC1. The van der Waals surface area contributed by atoms with Gasteiger partial charge in [-0.2, -0.15) is 0 Å². The summed E-state index contributed by atoms with van der Waals surface area (Å²) in [6, 6.07) is 0. The van der Waals surface area contributed by atoms with E-state index in [-0.39, 0.29) is 5.57 Å². The number of hydrogen-bond acceptors (Lipinski definition) is 3. The molecule has 2 aliphatic carbocycles. The molecule has 0 bridgehead atoms. The summed E-state index contributed by atoms with van der Waals surface area (Å²) in [7, 11) is 0. The van der Waals surface area contributed by atoms with Gasteiger partial charge in [-0.25, -0.2) is 4.79 Å². The van der Waals surface area contributed by atoms with Gasteiger partial charge in [-0.3, -0.25) is 0 Å². The van der Waals surface area contributed by atoms with E-state index in [1.54, 1.807) is 0 Å². The first-order valence-electron chi connectivity index (χ1n) is 6.59. The molecule has 0 radical (unpaired) electrons. The van der Waals surface area contributed by atoms with E-state index in [2.05, 4.69) is 6.58 Å². The second-order valence-electron chi connectivity index (χ2n) is 4.62. The summed E-state index contributed by atoms with van der Waals surface area (Å²) in [6.07, 6.45) is 12.9. The molecule has 0 fully saturated rings. The van der Waals surface area contributed by atoms with Crippen LogP contribution in [0, 0.1) is 0 Å². The van der Waals surface area contributed by atoms with Gasteiger partial charge >= 0.3 is 5.97 Å². The summed E-state index contributed by atoms with van der Waals surface area (Å²) in [5.74, 6) is -1.12. The lowest BCUT2D eigenvalue weighted by atomic mass is 10.0. The van der Waals surface area contributed by atoms with Crippen LogP contribution >= 0.6 is 0 Å². The number of carbonyl (C=O) groups is 1. The van der Waals surface area contributed by atoms with Gasteiger partial charge in [0.2, 0.25) is 0 Å². The Balaban J connectivity index is 2.24. The molecule has 106 valence electrons. The molecule has 0 saturated carbocycles. The van der Waals surface area contributed by atoms with Gasteiger partial charge in [0.1, 0.15) is 17.1 Å². The summed E-state index contributed by atoms with van der Waals surface area (Å²) in [5, 5.41) is 9.27. The molecule has 0 unspecified atom stereocenters. The van der Waals surface area contributed by atoms with Crippen LogP contribution in [0.15, 0.2) is 60.1 Å². The number of carboxylic acid groups (broad SMARTS) is 1. The van der Waals surface area contributed by atoms with E-state index >= 15 is 0 Å². The van der Waals surface area contributed by atoms with E-state index in [4.69, 9.17) is 9.47 Å². The van der Waals surface area contributed by atoms with Crippen LogP contribution in [0.5, 0.6) is 0 Å². The molecule has 1 N–H and O–H groups in total. The van der Waals surface area contributed by atoms with E-state index in [1.807, 2.05) is 43.4 Å². The van der Waals surface area contributed by atoms with Crippen LogP contribution in [0.3, 0.4) is 0 Å². The first-order valence-corrected chi connectivity index (χ1v) is 6.59. The molecule has 0 amide bonds. The van der Waals surface area contributed by atoms with Gasteiger partial charge in [0.05, 0.1) is 0 Å². The molecule has 0 heterocycles. The monoisotopic (exact) mass is 274 g/mol. The third kappa shape index (κ3) is 2.85. The summed E-state index contributed by atoms with van der Waals surface area (Å²) in [6.45, 7) is 5.46. The van der Waals surface area contributed by atoms with Gasteiger partial charge in [-0.05, 0) is 12.2 Å². The maximum absolute atomic E-state index is 11.3. The molecule has 0 spiro atoms. The molecule has 0 aromatic carbocycles. The molecule has 0 aromatic heterocycles. The van der Waals surface area contributed by atoms with Crippen LogP contribution < -0.4 is 0 Å². The van der Waals surface area contributed by atoms with Crippen LogP contribution in [0.1, 0.15) is 26.2 Å². The number of ether oxygens (including phenoxy) is 2. The Kier molecular flexibility index (Phi) is 4.13. The van der Waals surface area contributed by atoms with Gasteiger partial charge < -0.3 is 14.6 Å². The average molecular weight is 274 g/mol. The predicted octanol–water partition coefficient (Wildman–Crippen LogP) is 3.45. The maximum Gasteiger partial charge on any atom is 0.338 e. The van der Waals surface area contributed by atoms with E-state index in [0.717, 1.165) is 0 Å². The first-order chi connectivity index (χ1) is 9.57. The largest absolute Gasteiger partial charge is 0.478 e. The molecule has 2 rings (SSSR count). The van der Waals surface area contributed by atoms with Crippen molar-refractivity contribution in [1.82, 2.24) is 0 Å². The summed E-state index contributed by atoms with van der Waals surface area (Å²) in [5.41, 5.74) is -0.0967. The van der Waals surface area contributed by atoms with Crippen molar-refractivity contribution in [2.45, 2.75) is 32.0 Å². The third-order valence-corrected chi connectivity index (χ3v) is 3.25. The highest BCUT2D eigenvalue weighted by Gasteiger charge is 2.41. The van der Waals surface area contributed by atoms with E-state index in [1.165, 1.54) is 0 Å². The minimum Gasteiger partial charge on any atom is -0.478 e.